The third-order valence-electron chi connectivity index (χ3n) is 1.94. The maximum Gasteiger partial charge on any atom is 0.0556 e. The molecule has 0 aliphatic carbocycles. The summed E-state index contributed by atoms with van der Waals surface area (Å²) in [6.45, 7) is 0. The minimum absolute atomic E-state index is 0.776. The van der Waals surface area contributed by atoms with Crippen molar-refractivity contribution in [3.63, 3.8) is 0 Å². The minimum Gasteiger partial charge on any atom is -0.0885 e. The van der Waals surface area contributed by atoms with Crippen LogP contribution in [0.2, 0.25) is 5.02 Å². The van der Waals surface area contributed by atoms with Crippen LogP contribution in [0.1, 0.15) is 0 Å². The van der Waals surface area contributed by atoms with Gasteiger partial charge in [-0.25, -0.2) is 0 Å². The van der Waals surface area contributed by atoms with E-state index in [1.54, 1.807) is 11.8 Å². The van der Waals surface area contributed by atoms with E-state index in [1.165, 1.54) is 8.47 Å². The Hall–Kier alpha value is 0.290. The largest absolute Gasteiger partial charge is 0.0885 e. The quantitative estimate of drug-likeness (QED) is 0.543. The Morgan fingerprint density at radius 2 is 1.75 bits per heavy atom. The van der Waals surface area contributed by atoms with Crippen molar-refractivity contribution in [1.29, 1.82) is 0 Å². The molecule has 0 N–H and O–H groups in total. The Morgan fingerprint density at radius 3 is 2.38 bits per heavy atom. The van der Waals surface area contributed by atoms with Crippen LogP contribution in [0.25, 0.3) is 0 Å². The molecule has 0 aliphatic heterocycles. The fourth-order valence-electron chi connectivity index (χ4n) is 1.19. The van der Waals surface area contributed by atoms with Gasteiger partial charge < -0.3 is 0 Å². The summed E-state index contributed by atoms with van der Waals surface area (Å²) in [5.41, 5.74) is 0. The molecule has 2 rings (SSSR count). The van der Waals surface area contributed by atoms with Gasteiger partial charge in [-0.05, 0) is 65.1 Å². The number of benzene rings is 2. The van der Waals surface area contributed by atoms with Crippen molar-refractivity contribution in [3.05, 3.63) is 55.5 Å². The second-order valence-corrected chi connectivity index (χ2v) is 6.81. The lowest BCUT2D eigenvalue weighted by atomic mass is 10.4. The lowest BCUT2D eigenvalue weighted by Crippen LogP contribution is -1.77. The molecular weight excluding hydrogens is 418 g/mol. The van der Waals surface area contributed by atoms with Crippen molar-refractivity contribution >= 4 is 61.9 Å². The Balaban J connectivity index is 2.23. The van der Waals surface area contributed by atoms with E-state index in [0.717, 1.165) is 14.4 Å². The predicted octanol–water partition coefficient (Wildman–Crippen LogP) is 5.86. The van der Waals surface area contributed by atoms with Crippen LogP contribution in [-0.2, 0) is 0 Å². The first kappa shape index (κ1) is 12.7. The van der Waals surface area contributed by atoms with Crippen LogP contribution in [-0.4, -0.2) is 0 Å². The van der Waals surface area contributed by atoms with Crippen LogP contribution >= 0.6 is 61.9 Å². The molecule has 0 spiro atoms. The normalized spacial score (nSPS) is 10.4. The number of rotatable bonds is 2. The molecule has 0 amide bonds. The molecule has 4 heteroatoms. The van der Waals surface area contributed by atoms with Crippen molar-refractivity contribution in [2.24, 2.45) is 0 Å². The first-order valence-corrected chi connectivity index (χ1v) is 7.60. The Labute approximate surface area is 126 Å². The molecule has 0 atom stereocenters. The fourth-order valence-corrected chi connectivity index (χ4v) is 3.15. The fraction of sp³-hybridized carbons (Fsp3) is 0. The summed E-state index contributed by atoms with van der Waals surface area (Å²) in [5, 5.41) is 0.776. The predicted molar refractivity (Wildman–Crippen MR) is 82.4 cm³/mol. The molecule has 0 unspecified atom stereocenters. The molecule has 0 radical (unpaired) electrons. The monoisotopic (exact) mass is 424 g/mol. The van der Waals surface area contributed by atoms with Gasteiger partial charge in [-0.3, -0.25) is 0 Å². The highest BCUT2D eigenvalue weighted by Gasteiger charge is 2.03. The summed E-state index contributed by atoms with van der Waals surface area (Å²) < 4.78 is 2.24. The van der Waals surface area contributed by atoms with Crippen LogP contribution in [0.15, 0.2) is 56.7 Å². The summed E-state index contributed by atoms with van der Waals surface area (Å²) in [4.78, 5) is 2.27. The molecule has 2 aromatic carbocycles. The van der Waals surface area contributed by atoms with E-state index in [4.69, 9.17) is 11.6 Å². The molecule has 0 aliphatic rings. The van der Waals surface area contributed by atoms with Gasteiger partial charge in [0.2, 0.25) is 0 Å². The average Bonchev–Trinajstić information content (AvgIpc) is 2.25. The van der Waals surface area contributed by atoms with Crippen LogP contribution in [0.3, 0.4) is 0 Å². The summed E-state index contributed by atoms with van der Waals surface area (Å²) >= 11 is 13.5. The summed E-state index contributed by atoms with van der Waals surface area (Å²) in [6, 6.07) is 14.3. The zero-order chi connectivity index (χ0) is 11.5. The van der Waals surface area contributed by atoms with Gasteiger partial charge >= 0.3 is 0 Å². The van der Waals surface area contributed by atoms with Gasteiger partial charge in [-0.1, -0.05) is 39.3 Å². The third kappa shape index (κ3) is 3.39. The van der Waals surface area contributed by atoms with Gasteiger partial charge in [-0.2, -0.15) is 0 Å². The van der Waals surface area contributed by atoms with E-state index in [9.17, 15) is 0 Å². The molecule has 82 valence electrons. The maximum absolute atomic E-state index is 6.16. The Morgan fingerprint density at radius 1 is 1.06 bits per heavy atom. The van der Waals surface area contributed by atoms with Crippen molar-refractivity contribution in [3.8, 4) is 0 Å². The lowest BCUT2D eigenvalue weighted by molar-refractivity contribution is 1.39. The van der Waals surface area contributed by atoms with E-state index in [1.807, 2.05) is 18.2 Å². The SMILES string of the molecule is Clc1cc(Br)ccc1Sc1ccc(I)cc1. The summed E-state index contributed by atoms with van der Waals surface area (Å²) in [5.74, 6) is 0. The molecule has 0 fully saturated rings. The highest BCUT2D eigenvalue weighted by atomic mass is 127. The lowest BCUT2D eigenvalue weighted by Gasteiger charge is -2.04. The first-order chi connectivity index (χ1) is 7.65. The number of halogens is 3. The minimum atomic E-state index is 0.776. The molecular formula is C12H7BrClIS. The Bertz CT molecular complexity index is 499. The van der Waals surface area contributed by atoms with Crippen LogP contribution < -0.4 is 0 Å². The van der Waals surface area contributed by atoms with Crippen LogP contribution in [0.4, 0.5) is 0 Å². The molecule has 0 bridgehead atoms. The average molecular weight is 426 g/mol. The molecule has 0 saturated carbocycles. The van der Waals surface area contributed by atoms with Gasteiger partial charge in [0.1, 0.15) is 0 Å². The van der Waals surface area contributed by atoms with E-state index in [-0.39, 0.29) is 0 Å². The van der Waals surface area contributed by atoms with Gasteiger partial charge in [0.05, 0.1) is 5.02 Å². The molecule has 2 aromatic rings. The van der Waals surface area contributed by atoms with E-state index in [2.05, 4.69) is 62.8 Å². The second kappa shape index (κ2) is 5.76. The standard InChI is InChI=1S/C12H7BrClIS/c13-8-1-6-12(11(14)7-8)16-10-4-2-9(15)3-5-10/h1-7H. The smallest absolute Gasteiger partial charge is 0.0556 e. The van der Waals surface area contributed by atoms with Crippen molar-refractivity contribution < 1.29 is 0 Å². The number of hydrogen-bond donors (Lipinski definition) is 0. The van der Waals surface area contributed by atoms with Crippen molar-refractivity contribution in [1.82, 2.24) is 0 Å². The number of hydrogen-bond acceptors (Lipinski definition) is 1. The third-order valence-corrected chi connectivity index (χ3v) is 4.66. The van der Waals surface area contributed by atoms with Crippen molar-refractivity contribution in [2.75, 3.05) is 0 Å². The molecule has 0 nitrogen and oxygen atoms in total. The van der Waals surface area contributed by atoms with Crippen LogP contribution in [0, 0.1) is 3.57 Å². The summed E-state index contributed by atoms with van der Waals surface area (Å²) in [6.07, 6.45) is 0. The molecule has 16 heavy (non-hydrogen) atoms. The van der Waals surface area contributed by atoms with Gasteiger partial charge in [-0.15, -0.1) is 0 Å². The second-order valence-electron chi connectivity index (χ2n) is 3.13. The van der Waals surface area contributed by atoms with E-state index in [0.29, 0.717) is 0 Å². The maximum atomic E-state index is 6.16. The summed E-state index contributed by atoms with van der Waals surface area (Å²) in [7, 11) is 0. The van der Waals surface area contributed by atoms with E-state index < -0.39 is 0 Å². The zero-order valence-electron chi connectivity index (χ0n) is 8.08. The van der Waals surface area contributed by atoms with E-state index >= 15 is 0 Å². The molecule has 0 heterocycles. The highest BCUT2D eigenvalue weighted by molar-refractivity contribution is 14.1. The van der Waals surface area contributed by atoms with Gasteiger partial charge in [0.25, 0.3) is 0 Å². The first-order valence-electron chi connectivity index (χ1n) is 4.53. The van der Waals surface area contributed by atoms with Gasteiger partial charge in [0.15, 0.2) is 0 Å². The van der Waals surface area contributed by atoms with Crippen LogP contribution in [0.5, 0.6) is 0 Å². The zero-order valence-corrected chi connectivity index (χ0v) is 13.4. The van der Waals surface area contributed by atoms with Crippen molar-refractivity contribution in [2.45, 2.75) is 9.79 Å². The van der Waals surface area contributed by atoms with Gasteiger partial charge in [0, 0.05) is 17.8 Å². The molecule has 0 saturated heterocycles. The Kier molecular flexibility index (Phi) is 4.58. The topological polar surface area (TPSA) is 0 Å². The highest BCUT2D eigenvalue weighted by Crippen LogP contribution is 2.34. The molecule has 0 aromatic heterocycles.